The molecule has 70 valence electrons. The van der Waals surface area contributed by atoms with Crippen molar-refractivity contribution in [3.05, 3.63) is 10.7 Å². The van der Waals surface area contributed by atoms with Gasteiger partial charge in [-0.1, -0.05) is 15.9 Å². The van der Waals surface area contributed by atoms with Crippen LogP contribution in [0.3, 0.4) is 0 Å². The largest absolute Gasteiger partial charge is 0.489 e. The van der Waals surface area contributed by atoms with Gasteiger partial charge in [0.25, 0.3) is 0 Å². The minimum atomic E-state index is -0.867. The highest BCUT2D eigenvalue weighted by atomic mass is 79.9. The third-order valence-corrected chi connectivity index (χ3v) is 2.29. The van der Waals surface area contributed by atoms with Gasteiger partial charge in [0.1, 0.15) is 0 Å². The predicted octanol–water partition coefficient (Wildman–Crippen LogP) is 1.76. The fraction of sp³-hybridized carbons (Fsp3) is 0.750. The van der Waals surface area contributed by atoms with Crippen LogP contribution in [0.5, 0.6) is 0 Å². The number of ether oxygens (including phenoxy) is 2. The van der Waals surface area contributed by atoms with E-state index in [9.17, 15) is 5.11 Å². The predicted molar refractivity (Wildman–Crippen MR) is 48.7 cm³/mol. The van der Waals surface area contributed by atoms with Crippen molar-refractivity contribution in [1.29, 1.82) is 0 Å². The molecule has 0 saturated carbocycles. The van der Waals surface area contributed by atoms with Crippen LogP contribution in [0, 0.1) is 0 Å². The van der Waals surface area contributed by atoms with Crippen LogP contribution in [0.4, 0.5) is 0 Å². The van der Waals surface area contributed by atoms with Gasteiger partial charge < -0.3 is 14.6 Å². The summed E-state index contributed by atoms with van der Waals surface area (Å²) < 4.78 is 11.3. The van der Waals surface area contributed by atoms with E-state index in [2.05, 4.69) is 15.9 Å². The van der Waals surface area contributed by atoms with E-state index >= 15 is 0 Å². The fourth-order valence-corrected chi connectivity index (χ4v) is 1.75. The van der Waals surface area contributed by atoms with Gasteiger partial charge in [-0.15, -0.1) is 0 Å². The Bertz CT molecular complexity index is 193. The summed E-state index contributed by atoms with van der Waals surface area (Å²) in [4.78, 5) is 0. The molecule has 1 heterocycles. The molecule has 1 N–H and O–H groups in total. The first-order chi connectivity index (χ1) is 5.58. The van der Waals surface area contributed by atoms with Crippen molar-refractivity contribution in [2.75, 3.05) is 6.61 Å². The second kappa shape index (κ2) is 3.77. The lowest BCUT2D eigenvalue weighted by atomic mass is 10.0. The van der Waals surface area contributed by atoms with E-state index in [1.807, 2.05) is 13.8 Å². The summed E-state index contributed by atoms with van der Waals surface area (Å²) in [6.45, 7) is 4.14. The Labute approximate surface area is 80.5 Å². The van der Waals surface area contributed by atoms with Gasteiger partial charge in [-0.25, -0.2) is 0 Å². The maximum atomic E-state index is 9.52. The lowest BCUT2D eigenvalue weighted by Crippen LogP contribution is -2.40. The Balaban J connectivity index is 2.51. The molecule has 1 aliphatic heterocycles. The van der Waals surface area contributed by atoms with E-state index in [1.165, 1.54) is 0 Å². The summed E-state index contributed by atoms with van der Waals surface area (Å²) in [5.74, 6) is 0. The van der Waals surface area contributed by atoms with Crippen LogP contribution >= 0.6 is 15.9 Å². The molecule has 12 heavy (non-hydrogen) atoms. The normalized spacial score (nSPS) is 31.2. The highest BCUT2D eigenvalue weighted by Gasteiger charge is 2.39. The van der Waals surface area contributed by atoms with Crippen molar-refractivity contribution < 1.29 is 14.6 Å². The molecule has 0 saturated heterocycles. The number of aliphatic hydroxyl groups excluding tert-OH is 1. The standard InChI is InChI=1S/C8H13BrO3/c1-3-11-7(10)8(2)4-6(9)5-12-8/h5,7,10H,3-4H2,1-2H3. The summed E-state index contributed by atoms with van der Waals surface area (Å²) in [6, 6.07) is 0. The average Bonchev–Trinajstić information content (AvgIpc) is 2.33. The molecule has 3 nitrogen and oxygen atoms in total. The Morgan fingerprint density at radius 1 is 1.92 bits per heavy atom. The number of rotatable bonds is 3. The molecule has 0 fully saturated rings. The molecular formula is C8H13BrO3. The summed E-state index contributed by atoms with van der Waals surface area (Å²) in [6.07, 6.45) is 1.38. The van der Waals surface area contributed by atoms with Gasteiger partial charge in [-0.2, -0.15) is 0 Å². The van der Waals surface area contributed by atoms with Crippen LogP contribution in [-0.2, 0) is 9.47 Å². The minimum absolute atomic E-state index is 0.484. The van der Waals surface area contributed by atoms with Crippen LogP contribution in [-0.4, -0.2) is 23.6 Å². The summed E-state index contributed by atoms with van der Waals surface area (Å²) in [5, 5.41) is 9.52. The molecule has 0 spiro atoms. The molecule has 0 aromatic rings. The van der Waals surface area contributed by atoms with Crippen molar-refractivity contribution in [1.82, 2.24) is 0 Å². The molecule has 2 atom stereocenters. The molecule has 0 bridgehead atoms. The van der Waals surface area contributed by atoms with Gasteiger partial charge in [0, 0.05) is 17.5 Å². The Morgan fingerprint density at radius 3 is 3.00 bits per heavy atom. The van der Waals surface area contributed by atoms with Crippen LogP contribution < -0.4 is 0 Å². The first-order valence-corrected chi connectivity index (χ1v) is 4.70. The maximum Gasteiger partial charge on any atom is 0.195 e. The molecule has 0 aromatic heterocycles. The zero-order chi connectivity index (χ0) is 9.19. The summed E-state index contributed by atoms with van der Waals surface area (Å²) in [7, 11) is 0. The third kappa shape index (κ3) is 2.00. The van der Waals surface area contributed by atoms with Gasteiger partial charge in [0.05, 0.1) is 6.26 Å². The first-order valence-electron chi connectivity index (χ1n) is 3.90. The van der Waals surface area contributed by atoms with E-state index in [0.29, 0.717) is 13.0 Å². The quantitative estimate of drug-likeness (QED) is 0.760. The van der Waals surface area contributed by atoms with Crippen molar-refractivity contribution in [3.63, 3.8) is 0 Å². The monoisotopic (exact) mass is 236 g/mol. The Kier molecular flexibility index (Phi) is 3.15. The van der Waals surface area contributed by atoms with E-state index in [4.69, 9.17) is 9.47 Å². The minimum Gasteiger partial charge on any atom is -0.489 e. The third-order valence-electron chi connectivity index (χ3n) is 1.82. The molecular weight excluding hydrogens is 224 g/mol. The second-order valence-electron chi connectivity index (χ2n) is 2.98. The zero-order valence-electron chi connectivity index (χ0n) is 7.21. The van der Waals surface area contributed by atoms with Gasteiger partial charge in [-0.05, 0) is 13.8 Å². The molecule has 0 aliphatic carbocycles. The van der Waals surface area contributed by atoms with Gasteiger partial charge in [0.2, 0.25) is 0 Å². The van der Waals surface area contributed by atoms with E-state index in [-0.39, 0.29) is 0 Å². The average molecular weight is 237 g/mol. The Hall–Kier alpha value is -0.0600. The molecule has 0 radical (unpaired) electrons. The Morgan fingerprint density at radius 2 is 2.58 bits per heavy atom. The van der Waals surface area contributed by atoms with Crippen LogP contribution in [0.2, 0.25) is 0 Å². The van der Waals surface area contributed by atoms with Crippen LogP contribution in [0.1, 0.15) is 20.3 Å². The topological polar surface area (TPSA) is 38.7 Å². The zero-order valence-corrected chi connectivity index (χ0v) is 8.80. The van der Waals surface area contributed by atoms with Crippen molar-refractivity contribution >= 4 is 15.9 Å². The van der Waals surface area contributed by atoms with Crippen molar-refractivity contribution in [2.24, 2.45) is 0 Å². The highest BCUT2D eigenvalue weighted by Crippen LogP contribution is 2.34. The highest BCUT2D eigenvalue weighted by molar-refractivity contribution is 9.11. The van der Waals surface area contributed by atoms with Crippen LogP contribution in [0.25, 0.3) is 0 Å². The molecule has 4 heteroatoms. The summed E-state index contributed by atoms with van der Waals surface area (Å²) in [5.41, 5.74) is -0.630. The fourth-order valence-electron chi connectivity index (χ4n) is 1.10. The lowest BCUT2D eigenvalue weighted by Gasteiger charge is -2.28. The molecule has 2 unspecified atom stereocenters. The van der Waals surface area contributed by atoms with Gasteiger partial charge in [0.15, 0.2) is 11.9 Å². The molecule has 1 aliphatic rings. The van der Waals surface area contributed by atoms with E-state index in [0.717, 1.165) is 4.48 Å². The maximum absolute atomic E-state index is 9.52. The second-order valence-corrected chi connectivity index (χ2v) is 4.00. The molecule has 1 rings (SSSR count). The molecule has 0 aromatic carbocycles. The number of hydrogen-bond donors (Lipinski definition) is 1. The first kappa shape index (κ1) is 10.0. The van der Waals surface area contributed by atoms with Gasteiger partial charge in [-0.3, -0.25) is 0 Å². The van der Waals surface area contributed by atoms with Crippen molar-refractivity contribution in [3.8, 4) is 0 Å². The lowest BCUT2D eigenvalue weighted by molar-refractivity contribution is -0.198. The van der Waals surface area contributed by atoms with Gasteiger partial charge >= 0.3 is 0 Å². The van der Waals surface area contributed by atoms with Crippen LogP contribution in [0.15, 0.2) is 10.7 Å². The summed E-state index contributed by atoms with van der Waals surface area (Å²) >= 11 is 3.30. The molecule has 0 amide bonds. The smallest absolute Gasteiger partial charge is 0.195 e. The van der Waals surface area contributed by atoms with Crippen molar-refractivity contribution in [2.45, 2.75) is 32.2 Å². The van der Waals surface area contributed by atoms with E-state index in [1.54, 1.807) is 6.26 Å². The van der Waals surface area contributed by atoms with E-state index < -0.39 is 11.9 Å². The number of halogens is 1. The number of aliphatic hydroxyl groups is 1. The number of hydrogen-bond acceptors (Lipinski definition) is 3. The SMILES string of the molecule is CCOC(O)C1(C)CC(Br)=CO1.